The maximum absolute atomic E-state index is 11.1. The average Bonchev–Trinajstić information content (AvgIpc) is 2.30. The maximum Gasteiger partial charge on any atom is 0.302 e. The van der Waals surface area contributed by atoms with Crippen molar-refractivity contribution in [2.24, 2.45) is 0 Å². The molecule has 1 radical (unpaired) electrons. The monoisotopic (exact) mass is 206 g/mol. The van der Waals surface area contributed by atoms with Crippen LogP contribution in [0.5, 0.6) is 0 Å². The third kappa shape index (κ3) is 1.66. The molecule has 0 unspecified atom stereocenters. The fourth-order valence-electron chi connectivity index (χ4n) is 0.961. The Bertz CT molecular complexity index is 448. The van der Waals surface area contributed by atoms with Crippen LogP contribution in [0.15, 0.2) is 29.1 Å². The van der Waals surface area contributed by atoms with Crippen LogP contribution in [0.25, 0.3) is 10.1 Å². The van der Waals surface area contributed by atoms with Crippen LogP contribution in [0.3, 0.4) is 0 Å². The number of benzene rings is 1. The Morgan fingerprint density at radius 1 is 1.33 bits per heavy atom. The van der Waals surface area contributed by atoms with Crippen LogP contribution in [0.4, 0.5) is 0 Å². The van der Waals surface area contributed by atoms with Crippen LogP contribution in [0.1, 0.15) is 0 Å². The molecule has 2 aromatic rings. The summed E-state index contributed by atoms with van der Waals surface area (Å²) in [6.45, 7) is 0. The molecule has 57 valence electrons. The first-order valence-electron chi connectivity index (χ1n) is 3.09. The Morgan fingerprint density at radius 2 is 2.00 bits per heavy atom. The van der Waals surface area contributed by atoms with Gasteiger partial charge in [0.2, 0.25) is 0 Å². The van der Waals surface area contributed by atoms with Gasteiger partial charge < -0.3 is 5.21 Å². The summed E-state index contributed by atoms with van der Waals surface area (Å²) in [7, 11) is 0. The Balaban J connectivity index is 0.000000720. The third-order valence-corrected chi connectivity index (χ3v) is 2.37. The predicted octanol–water partition coefficient (Wildman–Crippen LogP) is 0.919. The number of nitrogens with zero attached hydrogens (tertiary/aromatic N) is 1. The van der Waals surface area contributed by atoms with E-state index in [9.17, 15) is 4.79 Å². The van der Waals surface area contributed by atoms with Crippen molar-refractivity contribution < 1.29 is 5.21 Å². The van der Waals surface area contributed by atoms with Crippen molar-refractivity contribution in [3.05, 3.63) is 34.6 Å². The van der Waals surface area contributed by atoms with Crippen molar-refractivity contribution in [1.29, 1.82) is 0 Å². The normalized spacial score (nSPS) is 9.67. The minimum absolute atomic E-state index is 0. The first kappa shape index (κ1) is 10.4. The molecule has 0 aliphatic heterocycles. The Morgan fingerprint density at radius 3 is 2.67 bits per heavy atom. The van der Waals surface area contributed by atoms with Crippen molar-refractivity contribution in [2.45, 2.75) is 0 Å². The van der Waals surface area contributed by atoms with Gasteiger partial charge in [-0.2, -0.15) is 0 Å². The van der Waals surface area contributed by atoms with Crippen molar-refractivity contribution in [1.82, 2.24) is 4.12 Å². The van der Waals surface area contributed by atoms with Gasteiger partial charge in [0, 0.05) is 51.4 Å². The fraction of sp³-hybridized carbons (Fsp3) is 0. The standard InChI is InChI=1S/C7H5NO2S.K/c9-7-5-3-1-2-4-6(5)11-8(7)10;/h1-4,10H;. The summed E-state index contributed by atoms with van der Waals surface area (Å²) in [5.41, 5.74) is -0.342. The van der Waals surface area contributed by atoms with Gasteiger partial charge in [-0.1, -0.05) is 16.3 Å². The Kier molecular flexibility index (Phi) is 3.51. The van der Waals surface area contributed by atoms with Gasteiger partial charge in [0.1, 0.15) is 0 Å². The molecule has 0 saturated heterocycles. The van der Waals surface area contributed by atoms with Gasteiger partial charge in [0.15, 0.2) is 0 Å². The van der Waals surface area contributed by atoms with Gasteiger partial charge in [-0.25, -0.2) is 0 Å². The van der Waals surface area contributed by atoms with Gasteiger partial charge in [-0.05, 0) is 23.7 Å². The summed E-state index contributed by atoms with van der Waals surface area (Å²) in [5, 5.41) is 9.54. The number of aromatic nitrogens is 1. The first-order valence-corrected chi connectivity index (χ1v) is 3.87. The van der Waals surface area contributed by atoms with E-state index in [1.54, 1.807) is 18.2 Å². The van der Waals surface area contributed by atoms with E-state index in [2.05, 4.69) is 0 Å². The Labute approximate surface area is 115 Å². The molecule has 1 aromatic carbocycles. The molecule has 0 bridgehead atoms. The van der Waals surface area contributed by atoms with Gasteiger partial charge in [0.05, 0.1) is 10.1 Å². The minimum Gasteiger partial charge on any atom is -0.415 e. The van der Waals surface area contributed by atoms with Crippen molar-refractivity contribution >= 4 is 73.0 Å². The molecule has 1 N–H and O–H groups in total. The van der Waals surface area contributed by atoms with E-state index in [0.717, 1.165) is 16.2 Å². The van der Waals surface area contributed by atoms with Crippen LogP contribution >= 0.6 is 11.5 Å². The van der Waals surface area contributed by atoms with Crippen LogP contribution in [0, 0.1) is 0 Å². The zero-order valence-electron chi connectivity index (χ0n) is 6.52. The second-order valence-corrected chi connectivity index (χ2v) is 3.13. The summed E-state index contributed by atoms with van der Waals surface area (Å²) in [6.07, 6.45) is 0. The summed E-state index contributed by atoms with van der Waals surface area (Å²) in [5.74, 6) is 0. The Hall–Kier alpha value is 0.346. The molecule has 12 heavy (non-hydrogen) atoms. The summed E-state index contributed by atoms with van der Waals surface area (Å²) >= 11 is 1.04. The number of hydrogen-bond acceptors (Lipinski definition) is 3. The molecule has 0 fully saturated rings. The van der Waals surface area contributed by atoms with E-state index in [1.807, 2.05) is 6.07 Å². The summed E-state index contributed by atoms with van der Waals surface area (Å²) < 4.78 is 1.45. The van der Waals surface area contributed by atoms with Gasteiger partial charge in [0.25, 0.3) is 0 Å². The molecule has 0 aliphatic carbocycles. The SMILES string of the molecule is O=c1c2ccccc2sn1O.[K]. The molecule has 0 aliphatic rings. The quantitative estimate of drug-likeness (QED) is 0.514. The van der Waals surface area contributed by atoms with Crippen LogP contribution in [0.2, 0.25) is 0 Å². The molecule has 0 saturated carbocycles. The zero-order valence-corrected chi connectivity index (χ0v) is 10.5. The number of rotatable bonds is 0. The molecule has 0 amide bonds. The van der Waals surface area contributed by atoms with Gasteiger partial charge in [-0.3, -0.25) is 4.79 Å². The second-order valence-electron chi connectivity index (χ2n) is 2.17. The van der Waals surface area contributed by atoms with Crippen LogP contribution in [-0.2, 0) is 0 Å². The molecule has 5 heteroatoms. The summed E-state index contributed by atoms with van der Waals surface area (Å²) in [4.78, 5) is 11.1. The van der Waals surface area contributed by atoms with E-state index in [-0.39, 0.29) is 56.9 Å². The van der Waals surface area contributed by atoms with Crippen molar-refractivity contribution in [3.63, 3.8) is 0 Å². The van der Waals surface area contributed by atoms with Crippen LogP contribution < -0.4 is 5.56 Å². The first-order chi connectivity index (χ1) is 5.29. The summed E-state index contributed by atoms with van der Waals surface area (Å²) in [6, 6.07) is 7.10. The number of fused-ring (bicyclic) bond motifs is 1. The zero-order chi connectivity index (χ0) is 7.84. The van der Waals surface area contributed by atoms with Gasteiger partial charge in [-0.15, -0.1) is 0 Å². The maximum atomic E-state index is 11.1. The largest absolute Gasteiger partial charge is 0.415 e. The van der Waals surface area contributed by atoms with E-state index in [0.29, 0.717) is 9.51 Å². The average molecular weight is 206 g/mol. The predicted molar refractivity (Wildman–Crippen MR) is 49.0 cm³/mol. The second kappa shape index (κ2) is 4.04. The molecule has 3 nitrogen and oxygen atoms in total. The van der Waals surface area contributed by atoms with E-state index in [1.165, 1.54) is 0 Å². The fourth-order valence-corrected chi connectivity index (χ4v) is 1.72. The molecule has 0 spiro atoms. The molecule has 1 heterocycles. The molecular weight excluding hydrogens is 201 g/mol. The van der Waals surface area contributed by atoms with Crippen molar-refractivity contribution in [3.8, 4) is 0 Å². The van der Waals surface area contributed by atoms with E-state index in [4.69, 9.17) is 5.21 Å². The third-order valence-electron chi connectivity index (χ3n) is 1.48. The topological polar surface area (TPSA) is 42.2 Å². The molecular formula is C7H5KNO2S. The molecule has 1 aromatic heterocycles. The number of hydrogen-bond donors (Lipinski definition) is 1. The van der Waals surface area contributed by atoms with Gasteiger partial charge >= 0.3 is 5.56 Å². The van der Waals surface area contributed by atoms with E-state index < -0.39 is 0 Å². The van der Waals surface area contributed by atoms with Crippen LogP contribution in [-0.4, -0.2) is 60.7 Å². The van der Waals surface area contributed by atoms with Crippen molar-refractivity contribution in [2.75, 3.05) is 0 Å². The smallest absolute Gasteiger partial charge is 0.302 e. The molecule has 2 rings (SSSR count). The van der Waals surface area contributed by atoms with E-state index >= 15 is 0 Å². The molecule has 0 atom stereocenters. The minimum atomic E-state index is -0.342.